The van der Waals surface area contributed by atoms with Crippen molar-refractivity contribution in [3.63, 3.8) is 0 Å². The van der Waals surface area contributed by atoms with Crippen LogP contribution in [0.3, 0.4) is 0 Å². The van der Waals surface area contributed by atoms with Gasteiger partial charge in [-0.1, -0.05) is 48.5 Å². The van der Waals surface area contributed by atoms with Gasteiger partial charge in [-0.25, -0.2) is 9.59 Å². The molecule has 0 aromatic heterocycles. The van der Waals surface area contributed by atoms with Gasteiger partial charge in [0.1, 0.15) is 18.7 Å². The standard InChI is InChI=1S/C26H33N3O5S/c1-29(2)14-12-23(25(31)32)27-24(30)22(13-15-35-3)28-26(33)34-16-21-19-10-6-4-8-17(19)18-9-5-7-11-20(18)21/h4-11,21-23H,12-16H2,1-3H3,(H,27,30)(H,28,33)(H,31,32)/t22-,23?/m1/s1. The van der Waals surface area contributed by atoms with E-state index in [1.807, 2.05) is 61.6 Å². The highest BCUT2D eigenvalue weighted by atomic mass is 32.2. The summed E-state index contributed by atoms with van der Waals surface area (Å²) in [4.78, 5) is 39.0. The molecule has 3 N–H and O–H groups in total. The number of carbonyl (C=O) groups excluding carboxylic acids is 2. The summed E-state index contributed by atoms with van der Waals surface area (Å²) < 4.78 is 5.57. The van der Waals surface area contributed by atoms with E-state index in [0.29, 0.717) is 18.7 Å². The van der Waals surface area contributed by atoms with Crippen molar-refractivity contribution >= 4 is 29.7 Å². The number of carboxylic acid groups (broad SMARTS) is 1. The Morgan fingerprint density at radius 1 is 0.971 bits per heavy atom. The lowest BCUT2D eigenvalue weighted by Crippen LogP contribution is -2.52. The van der Waals surface area contributed by atoms with Gasteiger partial charge in [0, 0.05) is 12.5 Å². The van der Waals surface area contributed by atoms with Gasteiger partial charge in [-0.15, -0.1) is 0 Å². The Labute approximate surface area is 210 Å². The topological polar surface area (TPSA) is 108 Å². The number of alkyl carbamates (subject to hydrolysis) is 1. The van der Waals surface area contributed by atoms with Crippen molar-refractivity contribution in [2.24, 2.45) is 0 Å². The molecule has 1 unspecified atom stereocenters. The Bertz CT molecular complexity index is 1000. The molecule has 2 amide bonds. The van der Waals surface area contributed by atoms with E-state index in [-0.39, 0.29) is 18.9 Å². The van der Waals surface area contributed by atoms with Crippen molar-refractivity contribution in [2.45, 2.75) is 30.8 Å². The van der Waals surface area contributed by atoms with Gasteiger partial charge >= 0.3 is 12.1 Å². The molecule has 35 heavy (non-hydrogen) atoms. The molecule has 0 aliphatic heterocycles. The van der Waals surface area contributed by atoms with Gasteiger partial charge in [0.15, 0.2) is 0 Å². The number of hydrogen-bond donors (Lipinski definition) is 3. The van der Waals surface area contributed by atoms with Crippen molar-refractivity contribution in [2.75, 3.05) is 39.3 Å². The molecule has 2 atom stereocenters. The second-order valence-electron chi connectivity index (χ2n) is 8.80. The number of ether oxygens (including phenoxy) is 1. The zero-order valence-electron chi connectivity index (χ0n) is 20.3. The highest BCUT2D eigenvalue weighted by Gasteiger charge is 2.30. The van der Waals surface area contributed by atoms with Crippen molar-refractivity contribution in [1.82, 2.24) is 15.5 Å². The minimum absolute atomic E-state index is 0.0888. The zero-order valence-corrected chi connectivity index (χ0v) is 21.1. The van der Waals surface area contributed by atoms with E-state index in [1.54, 1.807) is 0 Å². The largest absolute Gasteiger partial charge is 0.480 e. The minimum atomic E-state index is -1.11. The third-order valence-corrected chi connectivity index (χ3v) is 6.69. The molecule has 2 aromatic carbocycles. The molecule has 9 heteroatoms. The summed E-state index contributed by atoms with van der Waals surface area (Å²) in [6.07, 6.45) is 1.82. The van der Waals surface area contributed by atoms with Gasteiger partial charge in [0.25, 0.3) is 0 Å². The van der Waals surface area contributed by atoms with Crippen LogP contribution in [0, 0.1) is 0 Å². The summed E-state index contributed by atoms with van der Waals surface area (Å²) >= 11 is 1.54. The van der Waals surface area contributed by atoms with Gasteiger partial charge < -0.3 is 25.4 Å². The number of thioether (sulfide) groups is 1. The van der Waals surface area contributed by atoms with Gasteiger partial charge in [-0.3, -0.25) is 4.79 Å². The molecule has 0 heterocycles. The van der Waals surface area contributed by atoms with E-state index in [4.69, 9.17) is 4.74 Å². The van der Waals surface area contributed by atoms with Crippen molar-refractivity contribution in [3.8, 4) is 11.1 Å². The van der Waals surface area contributed by atoms with E-state index in [0.717, 1.165) is 22.3 Å². The molecule has 0 fully saturated rings. The van der Waals surface area contributed by atoms with E-state index in [9.17, 15) is 19.5 Å². The molecule has 1 aliphatic rings. The molecule has 188 valence electrons. The molecule has 8 nitrogen and oxygen atoms in total. The summed E-state index contributed by atoms with van der Waals surface area (Å²) in [5, 5.41) is 14.7. The number of nitrogens with one attached hydrogen (secondary N) is 2. The maximum absolute atomic E-state index is 12.9. The number of rotatable bonds is 12. The third kappa shape index (κ3) is 6.99. The molecule has 0 saturated heterocycles. The van der Waals surface area contributed by atoms with Crippen LogP contribution in [-0.4, -0.2) is 79.3 Å². The van der Waals surface area contributed by atoms with E-state index in [1.165, 1.54) is 11.8 Å². The number of fused-ring (bicyclic) bond motifs is 3. The van der Waals surface area contributed by atoms with Crippen LogP contribution in [0.4, 0.5) is 4.79 Å². The monoisotopic (exact) mass is 499 g/mol. The summed E-state index contributed by atoms with van der Waals surface area (Å²) in [5.74, 6) is -1.10. The normalized spacial score (nSPS) is 14.1. The number of aliphatic carboxylic acids is 1. The first-order chi connectivity index (χ1) is 16.8. The van der Waals surface area contributed by atoms with Crippen LogP contribution < -0.4 is 10.6 Å². The lowest BCUT2D eigenvalue weighted by atomic mass is 9.98. The van der Waals surface area contributed by atoms with Crippen molar-refractivity contribution in [1.29, 1.82) is 0 Å². The van der Waals surface area contributed by atoms with Crippen molar-refractivity contribution in [3.05, 3.63) is 59.7 Å². The zero-order chi connectivity index (χ0) is 25.4. The van der Waals surface area contributed by atoms with Gasteiger partial charge in [0.2, 0.25) is 5.91 Å². The van der Waals surface area contributed by atoms with E-state index < -0.39 is 30.1 Å². The minimum Gasteiger partial charge on any atom is -0.480 e. The maximum atomic E-state index is 12.9. The van der Waals surface area contributed by atoms with Crippen LogP contribution >= 0.6 is 11.8 Å². The first-order valence-corrected chi connectivity index (χ1v) is 13.0. The Balaban J connectivity index is 1.63. The second kappa shape index (κ2) is 12.6. The fourth-order valence-electron chi connectivity index (χ4n) is 4.20. The number of hydrogen-bond acceptors (Lipinski definition) is 6. The Kier molecular flexibility index (Phi) is 9.56. The first-order valence-electron chi connectivity index (χ1n) is 11.6. The predicted octanol–water partition coefficient (Wildman–Crippen LogP) is 3.17. The SMILES string of the molecule is CSCC[C@@H](NC(=O)OCC1c2ccccc2-c2ccccc21)C(=O)NC(CCN(C)C)C(=O)O. The first kappa shape index (κ1) is 26.6. The molecular weight excluding hydrogens is 466 g/mol. The maximum Gasteiger partial charge on any atom is 0.407 e. The lowest BCUT2D eigenvalue weighted by molar-refractivity contribution is -0.142. The number of nitrogens with zero attached hydrogens (tertiary/aromatic N) is 1. The third-order valence-electron chi connectivity index (χ3n) is 6.04. The number of carboxylic acids is 1. The fraction of sp³-hybridized carbons (Fsp3) is 0.423. The van der Waals surface area contributed by atoms with Gasteiger partial charge in [-0.2, -0.15) is 11.8 Å². The van der Waals surface area contributed by atoms with Crippen LogP contribution in [0.1, 0.15) is 29.9 Å². The van der Waals surface area contributed by atoms with Crippen LogP contribution in [0.25, 0.3) is 11.1 Å². The van der Waals surface area contributed by atoms with Gasteiger partial charge in [-0.05, 0) is 61.2 Å². The quantitative estimate of drug-likeness (QED) is 0.412. The van der Waals surface area contributed by atoms with Crippen LogP contribution in [-0.2, 0) is 14.3 Å². The second-order valence-corrected chi connectivity index (χ2v) is 9.78. The summed E-state index contributed by atoms with van der Waals surface area (Å²) in [7, 11) is 3.67. The summed E-state index contributed by atoms with van der Waals surface area (Å²) in [6.45, 7) is 0.643. The number of amides is 2. The van der Waals surface area contributed by atoms with E-state index in [2.05, 4.69) is 22.8 Å². The Hall–Kier alpha value is -3.04. The Morgan fingerprint density at radius 2 is 1.57 bits per heavy atom. The highest BCUT2D eigenvalue weighted by Crippen LogP contribution is 2.44. The predicted molar refractivity (Wildman–Crippen MR) is 138 cm³/mol. The number of benzene rings is 2. The smallest absolute Gasteiger partial charge is 0.407 e. The Morgan fingerprint density at radius 3 is 2.11 bits per heavy atom. The van der Waals surface area contributed by atoms with Gasteiger partial charge in [0.05, 0.1) is 0 Å². The average molecular weight is 500 g/mol. The highest BCUT2D eigenvalue weighted by molar-refractivity contribution is 7.98. The average Bonchev–Trinajstić information content (AvgIpc) is 3.16. The van der Waals surface area contributed by atoms with Crippen LogP contribution in [0.5, 0.6) is 0 Å². The molecule has 0 spiro atoms. The molecule has 2 aromatic rings. The van der Waals surface area contributed by atoms with E-state index >= 15 is 0 Å². The van der Waals surface area contributed by atoms with Crippen LogP contribution in [0.15, 0.2) is 48.5 Å². The molecule has 0 bridgehead atoms. The molecule has 3 rings (SSSR count). The van der Waals surface area contributed by atoms with Crippen LogP contribution in [0.2, 0.25) is 0 Å². The molecule has 0 radical (unpaired) electrons. The van der Waals surface area contributed by atoms with Crippen molar-refractivity contribution < 1.29 is 24.2 Å². The number of carbonyl (C=O) groups is 3. The lowest BCUT2D eigenvalue weighted by Gasteiger charge is -2.22. The summed E-state index contributed by atoms with van der Waals surface area (Å²) in [5.41, 5.74) is 4.46. The molecule has 1 aliphatic carbocycles. The molecular formula is C26H33N3O5S. The fourth-order valence-corrected chi connectivity index (χ4v) is 4.68. The molecule has 0 saturated carbocycles. The summed E-state index contributed by atoms with van der Waals surface area (Å²) in [6, 6.07) is 14.2.